The first-order chi connectivity index (χ1) is 12.7. The minimum Gasteiger partial charge on any atom is -0.256 e. The van der Waals surface area contributed by atoms with Crippen molar-refractivity contribution in [1.82, 2.24) is 4.98 Å². The number of nitrogens with zero attached hydrogens (tertiary/aromatic N) is 1. The van der Waals surface area contributed by atoms with Crippen molar-refractivity contribution < 1.29 is 0 Å². The molecule has 0 saturated heterocycles. The molecule has 0 N–H and O–H groups in total. The van der Waals surface area contributed by atoms with E-state index in [0.29, 0.717) is 0 Å². The lowest BCUT2D eigenvalue weighted by molar-refractivity contribution is 1.27. The maximum Gasteiger partial charge on any atom is 0.0702 e. The number of hydrogen-bond donors (Lipinski definition) is 0. The Balaban J connectivity index is 1.71. The molecule has 1 aromatic heterocycles. The summed E-state index contributed by atoms with van der Waals surface area (Å²) in [6, 6.07) is 30.0. The normalized spacial score (nSPS) is 10.7. The number of pyridine rings is 1. The lowest BCUT2D eigenvalue weighted by atomic mass is 9.95. The average Bonchev–Trinajstić information content (AvgIpc) is 2.70. The molecule has 26 heavy (non-hydrogen) atoms. The fourth-order valence-electron chi connectivity index (χ4n) is 3.20. The van der Waals surface area contributed by atoms with Crippen LogP contribution in [0, 0.1) is 13.8 Å². The number of rotatable bonds is 3. The number of benzene rings is 3. The molecule has 0 fully saturated rings. The van der Waals surface area contributed by atoms with Crippen molar-refractivity contribution in [3.8, 4) is 33.5 Å². The second-order valence-corrected chi connectivity index (χ2v) is 6.69. The first-order valence-corrected chi connectivity index (χ1v) is 8.90. The molecule has 0 aliphatic carbocycles. The molecule has 4 rings (SSSR count). The van der Waals surface area contributed by atoms with Crippen LogP contribution in [0.2, 0.25) is 0 Å². The Morgan fingerprint density at radius 2 is 1.23 bits per heavy atom. The Morgan fingerprint density at radius 3 is 1.92 bits per heavy atom. The number of aryl methyl sites for hydroxylation is 2. The maximum absolute atomic E-state index is 4.57. The molecule has 1 nitrogen and oxygen atoms in total. The fraction of sp³-hybridized carbons (Fsp3) is 0.0800. The van der Waals surface area contributed by atoms with Gasteiger partial charge in [-0.3, -0.25) is 4.98 Å². The first-order valence-electron chi connectivity index (χ1n) is 8.90. The van der Waals surface area contributed by atoms with Crippen LogP contribution in [0.25, 0.3) is 33.5 Å². The Bertz CT molecular complexity index is 1010. The van der Waals surface area contributed by atoms with E-state index in [2.05, 4.69) is 97.7 Å². The van der Waals surface area contributed by atoms with Crippen molar-refractivity contribution >= 4 is 0 Å². The van der Waals surface area contributed by atoms with Crippen molar-refractivity contribution in [1.29, 1.82) is 0 Å². The highest BCUT2D eigenvalue weighted by Gasteiger charge is 2.07. The van der Waals surface area contributed by atoms with E-state index in [9.17, 15) is 0 Å². The van der Waals surface area contributed by atoms with E-state index in [1.807, 2.05) is 12.3 Å². The average molecular weight is 335 g/mol. The van der Waals surface area contributed by atoms with Gasteiger partial charge in [0.25, 0.3) is 0 Å². The molecule has 1 heterocycles. The van der Waals surface area contributed by atoms with Crippen LogP contribution < -0.4 is 0 Å². The summed E-state index contributed by atoms with van der Waals surface area (Å²) in [5.74, 6) is 0. The van der Waals surface area contributed by atoms with E-state index in [0.717, 1.165) is 11.3 Å². The predicted octanol–water partition coefficient (Wildman–Crippen LogP) is 6.70. The molecule has 0 bridgehead atoms. The zero-order valence-electron chi connectivity index (χ0n) is 15.1. The van der Waals surface area contributed by atoms with Crippen LogP contribution in [0.3, 0.4) is 0 Å². The van der Waals surface area contributed by atoms with Crippen molar-refractivity contribution in [3.05, 3.63) is 102 Å². The lowest BCUT2D eigenvalue weighted by Gasteiger charge is -2.10. The third-order valence-electron chi connectivity index (χ3n) is 4.75. The van der Waals surface area contributed by atoms with Crippen LogP contribution in [-0.4, -0.2) is 4.98 Å². The molecule has 0 saturated carbocycles. The van der Waals surface area contributed by atoms with E-state index in [-0.39, 0.29) is 0 Å². The van der Waals surface area contributed by atoms with E-state index in [1.54, 1.807) is 0 Å². The summed E-state index contributed by atoms with van der Waals surface area (Å²) in [4.78, 5) is 4.57. The van der Waals surface area contributed by atoms with Gasteiger partial charge in [-0.05, 0) is 59.4 Å². The molecule has 0 spiro atoms. The van der Waals surface area contributed by atoms with Gasteiger partial charge in [0.05, 0.1) is 5.69 Å². The summed E-state index contributed by atoms with van der Waals surface area (Å²) in [7, 11) is 0. The summed E-state index contributed by atoms with van der Waals surface area (Å²) >= 11 is 0. The van der Waals surface area contributed by atoms with E-state index < -0.39 is 0 Å². The predicted molar refractivity (Wildman–Crippen MR) is 110 cm³/mol. The number of aromatic nitrogens is 1. The molecular weight excluding hydrogens is 314 g/mol. The van der Waals surface area contributed by atoms with Gasteiger partial charge in [0.2, 0.25) is 0 Å². The zero-order valence-corrected chi connectivity index (χ0v) is 15.1. The van der Waals surface area contributed by atoms with Crippen molar-refractivity contribution in [2.24, 2.45) is 0 Å². The maximum atomic E-state index is 4.57. The topological polar surface area (TPSA) is 12.9 Å². The van der Waals surface area contributed by atoms with Crippen LogP contribution in [0.15, 0.2) is 91.1 Å². The molecule has 4 aromatic rings. The zero-order chi connectivity index (χ0) is 17.9. The Morgan fingerprint density at radius 1 is 0.577 bits per heavy atom. The third-order valence-corrected chi connectivity index (χ3v) is 4.75. The molecule has 126 valence electrons. The van der Waals surface area contributed by atoms with Gasteiger partial charge in [-0.2, -0.15) is 0 Å². The third kappa shape index (κ3) is 3.29. The summed E-state index contributed by atoms with van der Waals surface area (Å²) in [6.07, 6.45) is 1.92. The second kappa shape index (κ2) is 6.97. The lowest BCUT2D eigenvalue weighted by Crippen LogP contribution is -1.88. The summed E-state index contributed by atoms with van der Waals surface area (Å²) in [5.41, 5.74) is 9.58. The monoisotopic (exact) mass is 335 g/mol. The fourth-order valence-corrected chi connectivity index (χ4v) is 3.20. The van der Waals surface area contributed by atoms with Gasteiger partial charge >= 0.3 is 0 Å². The SMILES string of the molecule is Cc1ccc(-c2ccc(C)c(-c3ccc(-c4ccccc4)cc3)c2)nc1. The van der Waals surface area contributed by atoms with Crippen molar-refractivity contribution in [2.45, 2.75) is 13.8 Å². The van der Waals surface area contributed by atoms with Crippen LogP contribution in [0.5, 0.6) is 0 Å². The van der Waals surface area contributed by atoms with Crippen LogP contribution in [-0.2, 0) is 0 Å². The van der Waals surface area contributed by atoms with Crippen LogP contribution in [0.1, 0.15) is 11.1 Å². The highest BCUT2D eigenvalue weighted by Crippen LogP contribution is 2.30. The second-order valence-electron chi connectivity index (χ2n) is 6.69. The molecule has 0 atom stereocenters. The molecule has 0 radical (unpaired) electrons. The van der Waals surface area contributed by atoms with Crippen LogP contribution in [0.4, 0.5) is 0 Å². The van der Waals surface area contributed by atoms with Crippen molar-refractivity contribution in [2.75, 3.05) is 0 Å². The molecule has 0 aliphatic heterocycles. The van der Waals surface area contributed by atoms with E-state index in [1.165, 1.54) is 33.4 Å². The first kappa shape index (κ1) is 16.3. The van der Waals surface area contributed by atoms with Gasteiger partial charge in [-0.1, -0.05) is 72.8 Å². The molecule has 1 heteroatoms. The van der Waals surface area contributed by atoms with Gasteiger partial charge in [-0.25, -0.2) is 0 Å². The van der Waals surface area contributed by atoms with Gasteiger partial charge in [0.1, 0.15) is 0 Å². The Labute approximate surface area is 155 Å². The highest BCUT2D eigenvalue weighted by atomic mass is 14.7. The Hall–Kier alpha value is -3.19. The minimum absolute atomic E-state index is 1.01. The van der Waals surface area contributed by atoms with Crippen LogP contribution >= 0.6 is 0 Å². The molecular formula is C25H21N. The van der Waals surface area contributed by atoms with E-state index >= 15 is 0 Å². The van der Waals surface area contributed by atoms with Gasteiger partial charge in [0.15, 0.2) is 0 Å². The quantitative estimate of drug-likeness (QED) is 0.406. The van der Waals surface area contributed by atoms with Gasteiger partial charge in [-0.15, -0.1) is 0 Å². The van der Waals surface area contributed by atoms with E-state index in [4.69, 9.17) is 0 Å². The van der Waals surface area contributed by atoms with Crippen molar-refractivity contribution in [3.63, 3.8) is 0 Å². The molecule has 0 unspecified atom stereocenters. The summed E-state index contributed by atoms with van der Waals surface area (Å²) in [6.45, 7) is 4.22. The largest absolute Gasteiger partial charge is 0.256 e. The molecule has 0 aliphatic rings. The standard InChI is InChI=1S/C25H21N/c1-18-8-15-25(26-17-18)23-10-9-19(2)24(16-23)22-13-11-21(12-14-22)20-6-4-3-5-7-20/h3-17H,1-2H3. The smallest absolute Gasteiger partial charge is 0.0702 e. The minimum atomic E-state index is 1.01. The van der Waals surface area contributed by atoms with Gasteiger partial charge in [0, 0.05) is 11.8 Å². The Kier molecular flexibility index (Phi) is 4.37. The summed E-state index contributed by atoms with van der Waals surface area (Å²) in [5, 5.41) is 0. The number of hydrogen-bond acceptors (Lipinski definition) is 1. The highest BCUT2D eigenvalue weighted by molar-refractivity contribution is 5.76. The summed E-state index contributed by atoms with van der Waals surface area (Å²) < 4.78 is 0. The van der Waals surface area contributed by atoms with Gasteiger partial charge < -0.3 is 0 Å². The molecule has 3 aromatic carbocycles. The molecule has 0 amide bonds.